The minimum atomic E-state index is -0.574. The van der Waals surface area contributed by atoms with Gasteiger partial charge in [-0.2, -0.15) is 0 Å². The predicted molar refractivity (Wildman–Crippen MR) is 77.3 cm³/mol. The first-order valence-electron chi connectivity index (χ1n) is 7.27. The number of piperazine rings is 1. The average molecular weight is 271 g/mol. The molecule has 0 radical (unpaired) electrons. The van der Waals surface area contributed by atoms with Crippen molar-refractivity contribution in [3.8, 4) is 0 Å². The molecule has 0 saturated carbocycles. The number of methoxy groups -OCH3 is 1. The monoisotopic (exact) mass is 271 g/mol. The highest BCUT2D eigenvalue weighted by atomic mass is 16.5. The fourth-order valence-electron chi connectivity index (χ4n) is 2.49. The largest absolute Gasteiger partial charge is 0.468 e. The van der Waals surface area contributed by atoms with Crippen molar-refractivity contribution in [1.29, 1.82) is 0 Å². The fraction of sp³-hybridized carbons (Fsp3) is 0.929. The number of hydrogen-bond donors (Lipinski definition) is 1. The van der Waals surface area contributed by atoms with E-state index >= 15 is 0 Å². The first-order chi connectivity index (χ1) is 9.05. The number of nitrogens with one attached hydrogen (secondary N) is 1. The second-order valence-corrected chi connectivity index (χ2v) is 5.51. The van der Waals surface area contributed by atoms with E-state index < -0.39 is 5.54 Å². The molecule has 0 amide bonds. The van der Waals surface area contributed by atoms with Gasteiger partial charge >= 0.3 is 5.97 Å². The SMILES string of the molecule is CCCN1CCN(CCC(C)(NC)C(=O)OC)CC1. The molecule has 0 aromatic carbocycles. The third kappa shape index (κ3) is 4.75. The van der Waals surface area contributed by atoms with Gasteiger partial charge in [0, 0.05) is 32.7 Å². The maximum Gasteiger partial charge on any atom is 0.325 e. The molecule has 5 nitrogen and oxygen atoms in total. The molecule has 1 aliphatic rings. The van der Waals surface area contributed by atoms with Gasteiger partial charge in [-0.15, -0.1) is 0 Å². The highest BCUT2D eigenvalue weighted by molar-refractivity contribution is 5.80. The Morgan fingerprint density at radius 2 is 1.74 bits per heavy atom. The number of rotatable bonds is 7. The standard InChI is InChI=1S/C14H29N3O2/c1-5-7-16-9-11-17(12-10-16)8-6-14(2,15-3)13(18)19-4/h15H,5-12H2,1-4H3. The van der Waals surface area contributed by atoms with Crippen LogP contribution in [0.25, 0.3) is 0 Å². The lowest BCUT2D eigenvalue weighted by molar-refractivity contribution is -0.148. The summed E-state index contributed by atoms with van der Waals surface area (Å²) in [6, 6.07) is 0. The molecule has 19 heavy (non-hydrogen) atoms. The lowest BCUT2D eigenvalue weighted by Crippen LogP contribution is -2.52. The minimum Gasteiger partial charge on any atom is -0.468 e. The van der Waals surface area contributed by atoms with Crippen molar-refractivity contribution in [1.82, 2.24) is 15.1 Å². The summed E-state index contributed by atoms with van der Waals surface area (Å²) >= 11 is 0. The van der Waals surface area contributed by atoms with Crippen molar-refractivity contribution in [2.24, 2.45) is 0 Å². The highest BCUT2D eigenvalue weighted by Crippen LogP contribution is 2.13. The number of hydrogen-bond acceptors (Lipinski definition) is 5. The molecule has 1 aliphatic heterocycles. The van der Waals surface area contributed by atoms with Gasteiger partial charge < -0.3 is 19.9 Å². The lowest BCUT2D eigenvalue weighted by atomic mass is 9.98. The maximum absolute atomic E-state index is 11.8. The third-order valence-corrected chi connectivity index (χ3v) is 4.12. The summed E-state index contributed by atoms with van der Waals surface area (Å²) in [5.41, 5.74) is -0.574. The van der Waals surface area contributed by atoms with E-state index in [1.54, 1.807) is 0 Å². The number of carbonyl (C=O) groups excluding carboxylic acids is 1. The van der Waals surface area contributed by atoms with E-state index in [4.69, 9.17) is 4.74 Å². The van der Waals surface area contributed by atoms with E-state index in [9.17, 15) is 4.79 Å². The van der Waals surface area contributed by atoms with E-state index in [-0.39, 0.29) is 5.97 Å². The zero-order valence-electron chi connectivity index (χ0n) is 12.9. The van der Waals surface area contributed by atoms with Crippen LogP contribution < -0.4 is 5.32 Å². The van der Waals surface area contributed by atoms with Gasteiger partial charge in [0.25, 0.3) is 0 Å². The molecular weight excluding hydrogens is 242 g/mol. The van der Waals surface area contributed by atoms with Gasteiger partial charge in [0.2, 0.25) is 0 Å². The first-order valence-corrected chi connectivity index (χ1v) is 7.27. The Balaban J connectivity index is 2.35. The Bertz CT molecular complexity index is 278. The van der Waals surface area contributed by atoms with E-state index in [0.29, 0.717) is 0 Å². The zero-order chi connectivity index (χ0) is 14.3. The normalized spacial score (nSPS) is 21.1. The molecule has 1 N–H and O–H groups in total. The predicted octanol–water partition coefficient (Wildman–Crippen LogP) is 0.555. The number of likely N-dealkylation sites (N-methyl/N-ethyl adjacent to an activating group) is 1. The van der Waals surface area contributed by atoms with Gasteiger partial charge in [0.1, 0.15) is 5.54 Å². The van der Waals surface area contributed by atoms with Gasteiger partial charge in [-0.1, -0.05) is 6.92 Å². The smallest absolute Gasteiger partial charge is 0.325 e. The fourth-order valence-corrected chi connectivity index (χ4v) is 2.49. The Kier molecular flexibility index (Phi) is 6.75. The number of ether oxygens (including phenoxy) is 1. The average Bonchev–Trinajstić information content (AvgIpc) is 2.45. The highest BCUT2D eigenvalue weighted by Gasteiger charge is 2.33. The van der Waals surface area contributed by atoms with E-state index in [2.05, 4.69) is 22.0 Å². The van der Waals surface area contributed by atoms with Crippen molar-refractivity contribution in [2.75, 3.05) is 53.4 Å². The van der Waals surface area contributed by atoms with Crippen molar-refractivity contribution in [2.45, 2.75) is 32.2 Å². The second kappa shape index (κ2) is 7.82. The second-order valence-electron chi connectivity index (χ2n) is 5.51. The lowest BCUT2D eigenvalue weighted by Gasteiger charge is -2.36. The number of carbonyl (C=O) groups is 1. The zero-order valence-corrected chi connectivity index (χ0v) is 12.9. The van der Waals surface area contributed by atoms with Crippen LogP contribution in [0, 0.1) is 0 Å². The molecule has 1 saturated heterocycles. The Labute approximate surface area is 117 Å². The molecule has 1 heterocycles. The molecule has 1 atom stereocenters. The Hall–Kier alpha value is -0.650. The van der Waals surface area contributed by atoms with Gasteiger partial charge in [-0.3, -0.25) is 4.79 Å². The summed E-state index contributed by atoms with van der Waals surface area (Å²) in [6.45, 7) is 10.7. The maximum atomic E-state index is 11.8. The third-order valence-electron chi connectivity index (χ3n) is 4.12. The molecule has 0 aromatic heterocycles. The van der Waals surface area contributed by atoms with Crippen LogP contribution in [0.2, 0.25) is 0 Å². The van der Waals surface area contributed by atoms with Crippen LogP contribution in [0.15, 0.2) is 0 Å². The molecule has 0 bridgehead atoms. The summed E-state index contributed by atoms with van der Waals surface area (Å²) in [5.74, 6) is -0.181. The van der Waals surface area contributed by atoms with E-state index in [1.807, 2.05) is 14.0 Å². The van der Waals surface area contributed by atoms with Crippen LogP contribution in [-0.2, 0) is 9.53 Å². The summed E-state index contributed by atoms with van der Waals surface area (Å²) in [7, 11) is 3.26. The van der Waals surface area contributed by atoms with Crippen LogP contribution in [0.1, 0.15) is 26.7 Å². The van der Waals surface area contributed by atoms with E-state index in [1.165, 1.54) is 20.1 Å². The van der Waals surface area contributed by atoms with Gasteiger partial charge in [0.05, 0.1) is 7.11 Å². The first kappa shape index (κ1) is 16.4. The van der Waals surface area contributed by atoms with Crippen LogP contribution in [-0.4, -0.2) is 74.7 Å². The van der Waals surface area contributed by atoms with Crippen LogP contribution in [0.3, 0.4) is 0 Å². The molecule has 0 aromatic rings. The number of nitrogens with zero attached hydrogens (tertiary/aromatic N) is 2. The summed E-state index contributed by atoms with van der Waals surface area (Å²) in [5, 5.41) is 3.09. The molecule has 5 heteroatoms. The van der Waals surface area contributed by atoms with Crippen LogP contribution >= 0.6 is 0 Å². The van der Waals surface area contributed by atoms with Crippen molar-refractivity contribution in [3.05, 3.63) is 0 Å². The quantitative estimate of drug-likeness (QED) is 0.685. The van der Waals surface area contributed by atoms with Crippen molar-refractivity contribution < 1.29 is 9.53 Å². The molecule has 1 unspecified atom stereocenters. The summed E-state index contributed by atoms with van der Waals surface area (Å²) < 4.78 is 4.87. The minimum absolute atomic E-state index is 0.181. The number of esters is 1. The topological polar surface area (TPSA) is 44.8 Å². The molecule has 0 aliphatic carbocycles. The summed E-state index contributed by atoms with van der Waals surface area (Å²) in [4.78, 5) is 16.7. The van der Waals surface area contributed by atoms with Gasteiger partial charge in [-0.25, -0.2) is 0 Å². The molecular formula is C14H29N3O2. The molecule has 1 rings (SSSR count). The van der Waals surface area contributed by atoms with Crippen LogP contribution in [0.5, 0.6) is 0 Å². The van der Waals surface area contributed by atoms with Gasteiger partial charge in [0.15, 0.2) is 0 Å². The van der Waals surface area contributed by atoms with Crippen LogP contribution in [0.4, 0.5) is 0 Å². The van der Waals surface area contributed by atoms with Crippen molar-refractivity contribution in [3.63, 3.8) is 0 Å². The summed E-state index contributed by atoms with van der Waals surface area (Å²) in [6.07, 6.45) is 2.00. The molecule has 0 spiro atoms. The Morgan fingerprint density at radius 3 is 2.16 bits per heavy atom. The molecule has 1 fully saturated rings. The van der Waals surface area contributed by atoms with Crippen molar-refractivity contribution >= 4 is 5.97 Å². The molecule has 112 valence electrons. The van der Waals surface area contributed by atoms with Gasteiger partial charge in [-0.05, 0) is 33.4 Å². The van der Waals surface area contributed by atoms with E-state index in [0.717, 1.165) is 39.1 Å². The Morgan fingerprint density at radius 1 is 1.21 bits per heavy atom.